The maximum atomic E-state index is 12.1. The molecule has 0 N–H and O–H groups in total. The summed E-state index contributed by atoms with van der Waals surface area (Å²) in [6.07, 6.45) is -0.674. The van der Waals surface area contributed by atoms with Crippen LogP contribution in [-0.4, -0.2) is 30.9 Å². The van der Waals surface area contributed by atoms with E-state index in [2.05, 4.69) is 0 Å². The van der Waals surface area contributed by atoms with Gasteiger partial charge in [0.25, 0.3) is 0 Å². The van der Waals surface area contributed by atoms with Gasteiger partial charge in [-0.1, -0.05) is 62.4 Å². The van der Waals surface area contributed by atoms with Gasteiger partial charge in [0.15, 0.2) is 6.10 Å². The van der Waals surface area contributed by atoms with Crippen molar-refractivity contribution < 1.29 is 19.0 Å². The summed E-state index contributed by atoms with van der Waals surface area (Å²) in [5.41, 5.74) is 1.60. The van der Waals surface area contributed by atoms with Crippen LogP contribution < -0.4 is 0 Å². The maximum absolute atomic E-state index is 12.1. The molecule has 0 spiro atoms. The molecule has 0 saturated carbocycles. The highest BCUT2D eigenvalue weighted by molar-refractivity contribution is 5.94. The predicted octanol–water partition coefficient (Wildman–Crippen LogP) is 3.89. The molecule has 1 fully saturated rings. The lowest BCUT2D eigenvalue weighted by atomic mass is 9.89. The van der Waals surface area contributed by atoms with Crippen LogP contribution in [-0.2, 0) is 19.0 Å². The number of carbonyl (C=O) groups is 1. The number of hydrogen-bond donors (Lipinski definition) is 0. The fraction of sp³-hybridized carbons (Fsp3) is 0.364. The Morgan fingerprint density at radius 2 is 1.70 bits per heavy atom. The van der Waals surface area contributed by atoms with Crippen molar-refractivity contribution in [3.8, 4) is 0 Å². The molecule has 2 aliphatic rings. The number of ether oxygens (including phenoxy) is 3. The summed E-state index contributed by atoms with van der Waals surface area (Å²) < 4.78 is 17.3. The van der Waals surface area contributed by atoms with Gasteiger partial charge in [-0.05, 0) is 17.7 Å². The summed E-state index contributed by atoms with van der Waals surface area (Å²) in [4.78, 5) is 16.9. The van der Waals surface area contributed by atoms with E-state index < -0.39 is 12.4 Å². The Labute approximate surface area is 159 Å². The second-order valence-corrected chi connectivity index (χ2v) is 7.62. The molecular formula is C22H23NO4. The van der Waals surface area contributed by atoms with E-state index in [9.17, 15) is 4.79 Å². The molecule has 2 aromatic rings. The molecule has 0 radical (unpaired) electrons. The molecule has 4 rings (SSSR count). The lowest BCUT2D eigenvalue weighted by Gasteiger charge is -2.32. The smallest absolute Gasteiger partial charge is 0.336 e. The van der Waals surface area contributed by atoms with Gasteiger partial charge < -0.3 is 14.2 Å². The van der Waals surface area contributed by atoms with Crippen LogP contribution in [0.25, 0.3) is 0 Å². The summed E-state index contributed by atoms with van der Waals surface area (Å²) >= 11 is 0. The summed E-state index contributed by atoms with van der Waals surface area (Å²) in [5, 5.41) is 0. The molecule has 0 aliphatic carbocycles. The van der Waals surface area contributed by atoms with Crippen LogP contribution in [0.5, 0.6) is 0 Å². The number of cyclic esters (lactones) is 1. The lowest BCUT2D eigenvalue weighted by molar-refractivity contribution is -0.175. The average molecular weight is 365 g/mol. The minimum atomic E-state index is -0.644. The molecule has 2 aromatic carbocycles. The first-order valence-corrected chi connectivity index (χ1v) is 9.20. The topological polar surface area (TPSA) is 57.1 Å². The van der Waals surface area contributed by atoms with Crippen LogP contribution in [0.4, 0.5) is 0 Å². The third-order valence-corrected chi connectivity index (χ3v) is 4.94. The van der Waals surface area contributed by atoms with Crippen LogP contribution in [0, 0.1) is 5.41 Å². The third-order valence-electron chi connectivity index (χ3n) is 4.94. The number of carbonyl (C=O) groups excluding carboxylic acids is 1. The first kappa shape index (κ1) is 17.7. The largest absolute Gasteiger partial charge is 0.463 e. The monoisotopic (exact) mass is 365 g/mol. The quantitative estimate of drug-likeness (QED) is 0.772. The molecule has 3 atom stereocenters. The fourth-order valence-corrected chi connectivity index (χ4v) is 3.39. The van der Waals surface area contributed by atoms with Crippen LogP contribution in [0.1, 0.15) is 37.4 Å². The van der Waals surface area contributed by atoms with E-state index >= 15 is 0 Å². The van der Waals surface area contributed by atoms with Gasteiger partial charge in [-0.3, -0.25) is 0 Å². The zero-order valence-corrected chi connectivity index (χ0v) is 15.5. The lowest BCUT2D eigenvalue weighted by Crippen LogP contribution is -2.40. The van der Waals surface area contributed by atoms with Gasteiger partial charge in [0.2, 0.25) is 12.2 Å². The van der Waals surface area contributed by atoms with Crippen molar-refractivity contribution >= 4 is 11.9 Å². The Morgan fingerprint density at radius 3 is 2.33 bits per heavy atom. The Bertz CT molecular complexity index is 832. The van der Waals surface area contributed by atoms with Crippen LogP contribution in [0.2, 0.25) is 0 Å². The van der Waals surface area contributed by atoms with Crippen molar-refractivity contribution in [2.24, 2.45) is 10.4 Å². The Hall–Kier alpha value is -2.66. The molecule has 27 heavy (non-hydrogen) atoms. The van der Waals surface area contributed by atoms with Crippen LogP contribution in [0.3, 0.4) is 0 Å². The molecule has 0 aromatic heterocycles. The van der Waals surface area contributed by atoms with Gasteiger partial charge in [-0.25, -0.2) is 9.79 Å². The van der Waals surface area contributed by atoms with Gasteiger partial charge in [-0.2, -0.15) is 0 Å². The van der Waals surface area contributed by atoms with Crippen molar-refractivity contribution in [1.29, 1.82) is 0 Å². The van der Waals surface area contributed by atoms with Crippen molar-refractivity contribution in [3.05, 3.63) is 71.8 Å². The highest BCUT2D eigenvalue weighted by atomic mass is 16.7. The van der Waals surface area contributed by atoms with E-state index in [0.29, 0.717) is 18.9 Å². The second kappa shape index (κ2) is 7.16. The first-order valence-electron chi connectivity index (χ1n) is 9.20. The van der Waals surface area contributed by atoms with E-state index in [0.717, 1.165) is 11.1 Å². The SMILES string of the molecule is CC1(C)COC(=O)[C@@H]1O[C@@H]1C[C@@H](c2ccccc2)N=C(c2ccccc2)O1. The van der Waals surface area contributed by atoms with Crippen molar-refractivity contribution in [3.63, 3.8) is 0 Å². The average Bonchev–Trinajstić information content (AvgIpc) is 2.96. The molecule has 0 bridgehead atoms. The van der Waals surface area contributed by atoms with Crippen molar-refractivity contribution in [2.45, 2.75) is 38.7 Å². The molecule has 2 heterocycles. The Kier molecular flexibility index (Phi) is 4.70. The van der Waals surface area contributed by atoms with E-state index in [1.54, 1.807) is 0 Å². The summed E-state index contributed by atoms with van der Waals surface area (Å²) in [7, 11) is 0. The molecule has 1 saturated heterocycles. The second-order valence-electron chi connectivity index (χ2n) is 7.62. The maximum Gasteiger partial charge on any atom is 0.336 e. The minimum absolute atomic E-state index is 0.0966. The van der Waals surface area contributed by atoms with Gasteiger partial charge in [-0.15, -0.1) is 0 Å². The molecular weight excluding hydrogens is 342 g/mol. The van der Waals surface area contributed by atoms with E-state index in [1.165, 1.54) is 0 Å². The van der Waals surface area contributed by atoms with Crippen molar-refractivity contribution in [2.75, 3.05) is 6.61 Å². The molecule has 0 amide bonds. The molecule has 0 unspecified atom stereocenters. The summed E-state index contributed by atoms with van der Waals surface area (Å²) in [6, 6.07) is 19.7. The summed E-state index contributed by atoms with van der Waals surface area (Å²) in [6.45, 7) is 4.28. The van der Waals surface area contributed by atoms with Gasteiger partial charge in [0.1, 0.15) is 0 Å². The zero-order chi connectivity index (χ0) is 18.9. The van der Waals surface area contributed by atoms with Crippen LogP contribution in [0.15, 0.2) is 65.7 Å². The third kappa shape index (κ3) is 3.74. The Morgan fingerprint density at radius 1 is 1.04 bits per heavy atom. The van der Waals surface area contributed by atoms with Crippen molar-refractivity contribution in [1.82, 2.24) is 0 Å². The number of hydrogen-bond acceptors (Lipinski definition) is 5. The summed E-state index contributed by atoms with van der Waals surface area (Å²) in [5.74, 6) is 0.202. The fourth-order valence-electron chi connectivity index (χ4n) is 3.39. The number of esters is 1. The number of aliphatic imine (C=N–C) groups is 1. The van der Waals surface area contributed by atoms with Gasteiger partial charge in [0.05, 0.1) is 12.6 Å². The number of rotatable bonds is 4. The Balaban J connectivity index is 1.62. The molecule has 5 heteroatoms. The zero-order valence-electron chi connectivity index (χ0n) is 15.5. The number of nitrogens with zero attached hydrogens (tertiary/aromatic N) is 1. The van der Waals surface area contributed by atoms with E-state index in [-0.39, 0.29) is 17.4 Å². The normalized spacial score (nSPS) is 26.8. The standard InChI is InChI=1S/C22H23NO4/c1-22(2)14-25-21(24)19(22)26-18-13-17(15-9-5-3-6-10-15)23-20(27-18)16-11-7-4-8-12-16/h3-12,17-19H,13-14H2,1-2H3/t17-,18-,19-/m0/s1. The molecule has 140 valence electrons. The first-order chi connectivity index (χ1) is 13.0. The molecule has 5 nitrogen and oxygen atoms in total. The van der Waals surface area contributed by atoms with E-state index in [4.69, 9.17) is 19.2 Å². The number of benzene rings is 2. The van der Waals surface area contributed by atoms with Crippen LogP contribution >= 0.6 is 0 Å². The van der Waals surface area contributed by atoms with E-state index in [1.807, 2.05) is 74.5 Å². The van der Waals surface area contributed by atoms with Gasteiger partial charge in [0, 0.05) is 17.4 Å². The molecule has 2 aliphatic heterocycles. The highest BCUT2D eigenvalue weighted by Crippen LogP contribution is 2.36. The minimum Gasteiger partial charge on any atom is -0.463 e. The predicted molar refractivity (Wildman–Crippen MR) is 101 cm³/mol. The highest BCUT2D eigenvalue weighted by Gasteiger charge is 2.47. The van der Waals surface area contributed by atoms with Gasteiger partial charge >= 0.3 is 5.97 Å².